The van der Waals surface area contributed by atoms with E-state index >= 15 is 0 Å². The summed E-state index contributed by atoms with van der Waals surface area (Å²) in [5, 5.41) is 0. The molecule has 0 saturated carbocycles. The lowest BCUT2D eigenvalue weighted by Gasteiger charge is -2.46. The molecule has 4 nitrogen and oxygen atoms in total. The van der Waals surface area contributed by atoms with Crippen LogP contribution in [0.15, 0.2) is 34.6 Å². The number of carbonyl (C=O) groups excluding carboxylic acids is 2. The van der Waals surface area contributed by atoms with Crippen LogP contribution < -0.4 is 0 Å². The summed E-state index contributed by atoms with van der Waals surface area (Å²) in [5.41, 5.74) is 2.66. The SMILES string of the molecule is CC(=O)OC1CC=C(C)C2CC3=C(C)C(=O)OC3=CC12C. The van der Waals surface area contributed by atoms with Crippen molar-refractivity contribution in [2.75, 3.05) is 0 Å². The Morgan fingerprint density at radius 2 is 2.14 bits per heavy atom. The van der Waals surface area contributed by atoms with Crippen molar-refractivity contribution in [2.24, 2.45) is 11.3 Å². The molecule has 3 unspecified atom stereocenters. The molecule has 0 amide bonds. The predicted octanol–water partition coefficient (Wildman–Crippen LogP) is 3.05. The Labute approximate surface area is 124 Å². The molecule has 0 aromatic heterocycles. The lowest BCUT2D eigenvalue weighted by atomic mass is 9.60. The van der Waals surface area contributed by atoms with Crippen molar-refractivity contribution in [3.63, 3.8) is 0 Å². The van der Waals surface area contributed by atoms with E-state index in [1.54, 1.807) is 0 Å². The maximum Gasteiger partial charge on any atom is 0.339 e. The first kappa shape index (κ1) is 14.1. The van der Waals surface area contributed by atoms with Crippen LogP contribution in [0.3, 0.4) is 0 Å². The lowest BCUT2D eigenvalue weighted by Crippen LogP contribution is -2.45. The van der Waals surface area contributed by atoms with Crippen LogP contribution in [0, 0.1) is 11.3 Å². The van der Waals surface area contributed by atoms with Crippen LogP contribution in [0.5, 0.6) is 0 Å². The Kier molecular flexibility index (Phi) is 3.08. The van der Waals surface area contributed by atoms with E-state index in [-0.39, 0.29) is 29.4 Å². The zero-order valence-electron chi connectivity index (χ0n) is 12.9. The van der Waals surface area contributed by atoms with Crippen LogP contribution in [0.4, 0.5) is 0 Å². The van der Waals surface area contributed by atoms with Crippen molar-refractivity contribution in [1.82, 2.24) is 0 Å². The molecular formula is C17H20O4. The summed E-state index contributed by atoms with van der Waals surface area (Å²) >= 11 is 0. The summed E-state index contributed by atoms with van der Waals surface area (Å²) in [7, 11) is 0. The highest BCUT2D eigenvalue weighted by Crippen LogP contribution is 2.53. The van der Waals surface area contributed by atoms with E-state index in [1.165, 1.54) is 12.5 Å². The van der Waals surface area contributed by atoms with E-state index in [9.17, 15) is 9.59 Å². The molecule has 0 aromatic rings. The molecule has 3 rings (SSSR count). The molecule has 0 aromatic carbocycles. The van der Waals surface area contributed by atoms with Gasteiger partial charge in [0.15, 0.2) is 0 Å². The molecule has 4 heteroatoms. The average molecular weight is 288 g/mol. The second-order valence-corrected chi connectivity index (χ2v) is 6.41. The van der Waals surface area contributed by atoms with E-state index in [0.717, 1.165) is 12.0 Å². The molecule has 0 N–H and O–H groups in total. The van der Waals surface area contributed by atoms with Gasteiger partial charge in [0, 0.05) is 29.9 Å². The molecule has 3 atom stereocenters. The first-order valence-electron chi connectivity index (χ1n) is 7.32. The van der Waals surface area contributed by atoms with Gasteiger partial charge in [-0.3, -0.25) is 4.79 Å². The van der Waals surface area contributed by atoms with Gasteiger partial charge in [0.25, 0.3) is 0 Å². The van der Waals surface area contributed by atoms with Crippen LogP contribution in [0.25, 0.3) is 0 Å². The molecule has 0 saturated heterocycles. The first-order chi connectivity index (χ1) is 9.83. The average Bonchev–Trinajstić information content (AvgIpc) is 2.66. The van der Waals surface area contributed by atoms with Gasteiger partial charge in [-0.1, -0.05) is 18.6 Å². The molecule has 0 radical (unpaired) electrons. The van der Waals surface area contributed by atoms with E-state index in [1.807, 2.05) is 13.0 Å². The maximum absolute atomic E-state index is 11.8. The number of fused-ring (bicyclic) bond motifs is 2. The monoisotopic (exact) mass is 288 g/mol. The van der Waals surface area contributed by atoms with Crippen molar-refractivity contribution in [3.05, 3.63) is 34.6 Å². The Morgan fingerprint density at radius 3 is 2.81 bits per heavy atom. The summed E-state index contributed by atoms with van der Waals surface area (Å²) in [6.45, 7) is 7.45. The molecule has 0 bridgehead atoms. The van der Waals surface area contributed by atoms with E-state index in [2.05, 4.69) is 19.9 Å². The normalized spacial score (nSPS) is 34.6. The zero-order chi connectivity index (χ0) is 15.4. The maximum atomic E-state index is 11.8. The highest BCUT2D eigenvalue weighted by Gasteiger charge is 2.50. The third-order valence-electron chi connectivity index (χ3n) is 5.07. The third kappa shape index (κ3) is 2.04. The Hall–Kier alpha value is -1.84. The largest absolute Gasteiger partial charge is 0.461 e. The lowest BCUT2D eigenvalue weighted by molar-refractivity contribution is -0.153. The summed E-state index contributed by atoms with van der Waals surface area (Å²) < 4.78 is 10.9. The zero-order valence-corrected chi connectivity index (χ0v) is 12.9. The van der Waals surface area contributed by atoms with Crippen molar-refractivity contribution in [1.29, 1.82) is 0 Å². The van der Waals surface area contributed by atoms with E-state index < -0.39 is 0 Å². The van der Waals surface area contributed by atoms with Gasteiger partial charge in [0.1, 0.15) is 11.9 Å². The van der Waals surface area contributed by atoms with Crippen molar-refractivity contribution in [2.45, 2.75) is 46.6 Å². The number of rotatable bonds is 1. The smallest absolute Gasteiger partial charge is 0.339 e. The van der Waals surface area contributed by atoms with Crippen LogP contribution in [0.2, 0.25) is 0 Å². The minimum atomic E-state index is -0.325. The Bertz CT molecular complexity index is 623. The molecule has 0 spiro atoms. The number of carbonyl (C=O) groups is 2. The fourth-order valence-electron chi connectivity index (χ4n) is 3.76. The van der Waals surface area contributed by atoms with Crippen molar-refractivity contribution in [3.8, 4) is 0 Å². The third-order valence-corrected chi connectivity index (χ3v) is 5.07. The van der Waals surface area contributed by atoms with Gasteiger partial charge in [0.05, 0.1) is 0 Å². The Balaban J connectivity index is 2.07. The summed E-state index contributed by atoms with van der Waals surface area (Å²) in [5.74, 6) is 0.360. The first-order valence-corrected chi connectivity index (χ1v) is 7.32. The van der Waals surface area contributed by atoms with E-state index in [4.69, 9.17) is 9.47 Å². The Morgan fingerprint density at radius 1 is 1.43 bits per heavy atom. The van der Waals surface area contributed by atoms with Gasteiger partial charge < -0.3 is 9.47 Å². The van der Waals surface area contributed by atoms with Crippen molar-refractivity contribution >= 4 is 11.9 Å². The highest BCUT2D eigenvalue weighted by atomic mass is 16.5. The van der Waals surface area contributed by atoms with Gasteiger partial charge in [-0.2, -0.15) is 0 Å². The second kappa shape index (κ2) is 4.58. The molecular weight excluding hydrogens is 268 g/mol. The standard InChI is InChI=1S/C17H20O4/c1-9-5-6-15(20-11(3)18)17(4)8-14-12(7-13(9)17)10(2)16(19)21-14/h5,8,13,15H,6-7H2,1-4H3. The van der Waals surface area contributed by atoms with Gasteiger partial charge >= 0.3 is 11.9 Å². The van der Waals surface area contributed by atoms with Gasteiger partial charge in [-0.25, -0.2) is 4.79 Å². The molecule has 1 heterocycles. The molecule has 3 aliphatic rings. The summed E-state index contributed by atoms with van der Waals surface area (Å²) in [4.78, 5) is 23.2. The topological polar surface area (TPSA) is 52.6 Å². The summed E-state index contributed by atoms with van der Waals surface area (Å²) in [6, 6.07) is 0. The molecule has 21 heavy (non-hydrogen) atoms. The fraction of sp³-hybridized carbons (Fsp3) is 0.529. The molecule has 0 fully saturated rings. The quantitative estimate of drug-likeness (QED) is 0.549. The van der Waals surface area contributed by atoms with E-state index in [0.29, 0.717) is 17.8 Å². The van der Waals surface area contributed by atoms with Crippen LogP contribution >= 0.6 is 0 Å². The fourth-order valence-corrected chi connectivity index (χ4v) is 3.76. The molecule has 1 aliphatic heterocycles. The number of allylic oxidation sites excluding steroid dienone is 2. The molecule has 2 aliphatic carbocycles. The number of ether oxygens (including phenoxy) is 2. The summed E-state index contributed by atoms with van der Waals surface area (Å²) in [6.07, 6.45) is 5.40. The van der Waals surface area contributed by atoms with Crippen LogP contribution in [-0.4, -0.2) is 18.0 Å². The minimum Gasteiger partial charge on any atom is -0.461 e. The van der Waals surface area contributed by atoms with Gasteiger partial charge in [-0.05, 0) is 32.3 Å². The number of hydrogen-bond acceptors (Lipinski definition) is 4. The van der Waals surface area contributed by atoms with Crippen molar-refractivity contribution < 1.29 is 19.1 Å². The number of hydrogen-bond donors (Lipinski definition) is 0. The van der Waals surface area contributed by atoms with Gasteiger partial charge in [-0.15, -0.1) is 0 Å². The number of esters is 2. The molecule has 112 valence electrons. The predicted molar refractivity (Wildman–Crippen MR) is 77.0 cm³/mol. The van der Waals surface area contributed by atoms with Gasteiger partial charge in [0.2, 0.25) is 0 Å². The van der Waals surface area contributed by atoms with Crippen LogP contribution in [-0.2, 0) is 19.1 Å². The van der Waals surface area contributed by atoms with Crippen LogP contribution in [0.1, 0.15) is 40.5 Å². The minimum absolute atomic E-state index is 0.211. The highest BCUT2D eigenvalue weighted by molar-refractivity contribution is 5.94. The second-order valence-electron chi connectivity index (χ2n) is 6.41.